The molecule has 3 rings (SSSR count). The zero-order chi connectivity index (χ0) is 20.3. The van der Waals surface area contributed by atoms with E-state index in [1.807, 2.05) is 47.3 Å². The Balaban J connectivity index is 2.34. The van der Waals surface area contributed by atoms with Crippen LogP contribution in [0, 0.1) is 11.3 Å². The molecule has 0 amide bonds. The number of benzene rings is 2. The van der Waals surface area contributed by atoms with Gasteiger partial charge in [0.1, 0.15) is 11.8 Å². The van der Waals surface area contributed by atoms with Gasteiger partial charge in [-0.3, -0.25) is 4.68 Å². The summed E-state index contributed by atoms with van der Waals surface area (Å²) in [5, 5.41) is 14.9. The fourth-order valence-electron chi connectivity index (χ4n) is 2.95. The van der Waals surface area contributed by atoms with Gasteiger partial charge in [0.25, 0.3) is 0 Å². The highest BCUT2D eigenvalue weighted by Gasteiger charge is 2.24. The number of hydrogen-bond acceptors (Lipinski definition) is 4. The van der Waals surface area contributed by atoms with Gasteiger partial charge in [-0.25, -0.2) is 0 Å². The van der Waals surface area contributed by atoms with Crippen LogP contribution in [0.4, 0.5) is 0 Å². The van der Waals surface area contributed by atoms with Crippen molar-refractivity contribution in [3.63, 3.8) is 0 Å². The van der Waals surface area contributed by atoms with Crippen molar-refractivity contribution < 1.29 is 9.47 Å². The van der Waals surface area contributed by atoms with E-state index in [1.54, 1.807) is 13.2 Å². The van der Waals surface area contributed by atoms with Gasteiger partial charge < -0.3 is 9.47 Å². The molecule has 0 radical (unpaired) electrons. The molecule has 0 spiro atoms. The van der Waals surface area contributed by atoms with Crippen LogP contribution in [0.25, 0.3) is 22.4 Å². The molecule has 3 aromatic rings. The summed E-state index contributed by atoms with van der Waals surface area (Å²) >= 11 is 6.44. The summed E-state index contributed by atoms with van der Waals surface area (Å²) in [7, 11) is 1.55. The summed E-state index contributed by atoms with van der Waals surface area (Å²) in [6.45, 7) is 6.27. The number of ether oxygens (including phenoxy) is 2. The number of nitriles is 1. The maximum Gasteiger partial charge on any atom is 0.188 e. The summed E-state index contributed by atoms with van der Waals surface area (Å²) < 4.78 is 12.8. The van der Waals surface area contributed by atoms with Gasteiger partial charge in [0.15, 0.2) is 6.79 Å². The van der Waals surface area contributed by atoms with E-state index >= 15 is 0 Å². The number of aromatic nitrogens is 2. The molecule has 0 bridgehead atoms. The smallest absolute Gasteiger partial charge is 0.188 e. The van der Waals surface area contributed by atoms with Gasteiger partial charge in [0.05, 0.1) is 21.8 Å². The molecule has 0 aliphatic carbocycles. The predicted octanol–water partition coefficient (Wildman–Crippen LogP) is 5.48. The summed E-state index contributed by atoms with van der Waals surface area (Å²) in [6.07, 6.45) is 1.90. The second-order valence-corrected chi connectivity index (χ2v) is 7.73. The molecular formula is C22H22ClN3O2. The minimum Gasteiger partial charge on any atom is -0.467 e. The number of halogens is 1. The Morgan fingerprint density at radius 1 is 1.14 bits per heavy atom. The molecule has 0 aliphatic heterocycles. The van der Waals surface area contributed by atoms with Crippen molar-refractivity contribution in [1.82, 2.24) is 9.78 Å². The van der Waals surface area contributed by atoms with Gasteiger partial charge >= 0.3 is 0 Å². The Hall–Kier alpha value is -2.81. The van der Waals surface area contributed by atoms with Crippen molar-refractivity contribution >= 4 is 11.6 Å². The third-order valence-electron chi connectivity index (χ3n) is 4.28. The van der Waals surface area contributed by atoms with E-state index in [0.29, 0.717) is 27.6 Å². The van der Waals surface area contributed by atoms with E-state index in [1.165, 1.54) is 0 Å². The van der Waals surface area contributed by atoms with E-state index in [-0.39, 0.29) is 12.3 Å². The normalized spacial score (nSPS) is 11.3. The van der Waals surface area contributed by atoms with E-state index in [9.17, 15) is 5.26 Å². The molecule has 1 aromatic heterocycles. The molecule has 1 heterocycles. The first-order chi connectivity index (χ1) is 13.4. The quantitative estimate of drug-likeness (QED) is 0.536. The van der Waals surface area contributed by atoms with E-state index in [0.717, 1.165) is 11.1 Å². The number of hydrogen-bond donors (Lipinski definition) is 0. The average Bonchev–Trinajstić information content (AvgIpc) is 3.16. The minimum absolute atomic E-state index is 0.0674. The van der Waals surface area contributed by atoms with Crippen molar-refractivity contribution in [2.45, 2.75) is 26.3 Å². The average molecular weight is 396 g/mol. The maximum absolute atomic E-state index is 9.83. The Morgan fingerprint density at radius 3 is 2.43 bits per heavy atom. The second kappa shape index (κ2) is 8.05. The first-order valence-electron chi connectivity index (χ1n) is 8.87. The standard InChI is InChI=1S/C22H22ClN3O2/c1-22(2,3)26-11-10-18(25-26)21-16(13-24)17(23)12-19(28-14-27-4)20(21)15-8-6-5-7-9-15/h5-12H,14H2,1-4H3. The zero-order valence-electron chi connectivity index (χ0n) is 16.4. The molecule has 5 nitrogen and oxygen atoms in total. The Kier molecular flexibility index (Phi) is 5.73. The zero-order valence-corrected chi connectivity index (χ0v) is 17.1. The molecular weight excluding hydrogens is 374 g/mol. The van der Waals surface area contributed by atoms with Gasteiger partial charge in [-0.1, -0.05) is 41.9 Å². The molecule has 0 aliphatic rings. The predicted molar refractivity (Wildman–Crippen MR) is 110 cm³/mol. The van der Waals surface area contributed by atoms with Crippen LogP contribution in [-0.2, 0) is 10.3 Å². The SMILES string of the molecule is COCOc1cc(Cl)c(C#N)c(-c2ccn(C(C)(C)C)n2)c1-c1ccccc1. The van der Waals surface area contributed by atoms with Crippen LogP contribution in [0.1, 0.15) is 26.3 Å². The monoisotopic (exact) mass is 395 g/mol. The molecule has 144 valence electrons. The second-order valence-electron chi connectivity index (χ2n) is 7.33. The lowest BCUT2D eigenvalue weighted by atomic mass is 9.92. The van der Waals surface area contributed by atoms with Gasteiger partial charge in [-0.15, -0.1) is 0 Å². The summed E-state index contributed by atoms with van der Waals surface area (Å²) in [5.74, 6) is 0.539. The van der Waals surface area contributed by atoms with Crippen LogP contribution in [0.3, 0.4) is 0 Å². The molecule has 6 heteroatoms. The van der Waals surface area contributed by atoms with Crippen LogP contribution >= 0.6 is 11.6 Å². The highest BCUT2D eigenvalue weighted by atomic mass is 35.5. The number of rotatable bonds is 5. The van der Waals surface area contributed by atoms with Crippen LogP contribution in [-0.4, -0.2) is 23.7 Å². The van der Waals surface area contributed by atoms with Crippen molar-refractivity contribution in [1.29, 1.82) is 5.26 Å². The lowest BCUT2D eigenvalue weighted by Gasteiger charge is -2.20. The number of methoxy groups -OCH3 is 1. The van der Waals surface area contributed by atoms with E-state index in [4.69, 9.17) is 26.2 Å². The molecule has 0 atom stereocenters. The lowest BCUT2D eigenvalue weighted by Crippen LogP contribution is -2.22. The first-order valence-corrected chi connectivity index (χ1v) is 9.25. The Labute approximate surface area is 170 Å². The fraction of sp³-hybridized carbons (Fsp3) is 0.273. The Bertz CT molecular complexity index is 1010. The third-order valence-corrected chi connectivity index (χ3v) is 4.58. The van der Waals surface area contributed by atoms with Gasteiger partial charge in [0.2, 0.25) is 0 Å². The van der Waals surface area contributed by atoms with Crippen LogP contribution in [0.2, 0.25) is 5.02 Å². The molecule has 0 N–H and O–H groups in total. The van der Waals surface area contributed by atoms with Crippen molar-refractivity contribution in [2.24, 2.45) is 0 Å². The highest BCUT2D eigenvalue weighted by molar-refractivity contribution is 6.32. The molecule has 28 heavy (non-hydrogen) atoms. The largest absolute Gasteiger partial charge is 0.467 e. The van der Waals surface area contributed by atoms with Gasteiger partial charge in [-0.2, -0.15) is 10.4 Å². The van der Waals surface area contributed by atoms with Gasteiger partial charge in [0, 0.05) is 30.5 Å². The van der Waals surface area contributed by atoms with Crippen molar-refractivity contribution in [3.05, 3.63) is 59.2 Å². The highest BCUT2D eigenvalue weighted by Crippen LogP contribution is 2.44. The van der Waals surface area contributed by atoms with Gasteiger partial charge in [-0.05, 0) is 32.4 Å². The summed E-state index contributed by atoms with van der Waals surface area (Å²) in [4.78, 5) is 0. The lowest BCUT2D eigenvalue weighted by molar-refractivity contribution is 0.0516. The van der Waals surface area contributed by atoms with Crippen molar-refractivity contribution in [3.8, 4) is 34.2 Å². The molecule has 2 aromatic carbocycles. The minimum atomic E-state index is -0.189. The molecule has 0 saturated carbocycles. The van der Waals surface area contributed by atoms with Crippen LogP contribution in [0.15, 0.2) is 48.7 Å². The van der Waals surface area contributed by atoms with E-state index < -0.39 is 0 Å². The number of nitrogens with zero attached hydrogens (tertiary/aromatic N) is 3. The van der Waals surface area contributed by atoms with Crippen LogP contribution < -0.4 is 4.74 Å². The van der Waals surface area contributed by atoms with E-state index in [2.05, 4.69) is 26.8 Å². The topological polar surface area (TPSA) is 60.1 Å². The summed E-state index contributed by atoms with van der Waals surface area (Å²) in [5.41, 5.74) is 3.15. The fourth-order valence-corrected chi connectivity index (χ4v) is 3.19. The molecule has 0 saturated heterocycles. The first kappa shape index (κ1) is 19.9. The summed E-state index contributed by atoms with van der Waals surface area (Å²) in [6, 6.07) is 15.5. The molecule has 0 fully saturated rings. The van der Waals surface area contributed by atoms with Crippen LogP contribution in [0.5, 0.6) is 5.75 Å². The van der Waals surface area contributed by atoms with Crippen molar-refractivity contribution in [2.75, 3.05) is 13.9 Å². The third kappa shape index (κ3) is 3.89. The molecule has 0 unspecified atom stereocenters. The maximum atomic E-state index is 9.83. The Morgan fingerprint density at radius 2 is 1.86 bits per heavy atom.